The van der Waals surface area contributed by atoms with E-state index in [-0.39, 0.29) is 12.3 Å². The second-order valence-corrected chi connectivity index (χ2v) is 6.25. The second-order valence-electron chi connectivity index (χ2n) is 6.25. The van der Waals surface area contributed by atoms with Gasteiger partial charge in [-0.3, -0.25) is 9.59 Å². The van der Waals surface area contributed by atoms with Crippen molar-refractivity contribution in [2.24, 2.45) is 11.3 Å². The largest absolute Gasteiger partial charge is 0.481 e. The lowest BCUT2D eigenvalue weighted by atomic mass is 9.82. The van der Waals surface area contributed by atoms with Crippen LogP contribution in [0.3, 0.4) is 0 Å². The maximum absolute atomic E-state index is 12.4. The smallest absolute Gasteiger partial charge is 0.310 e. The fourth-order valence-corrected chi connectivity index (χ4v) is 3.50. The van der Waals surface area contributed by atoms with Crippen molar-refractivity contribution in [3.63, 3.8) is 0 Å². The Morgan fingerprint density at radius 3 is 2.35 bits per heavy atom. The van der Waals surface area contributed by atoms with Crippen LogP contribution >= 0.6 is 0 Å². The SMILES string of the molecule is COCC1CCN(C(=O)CC2(C(=O)O)CCCC2)CC1. The average Bonchev–Trinajstić information content (AvgIpc) is 2.90. The molecule has 0 unspecified atom stereocenters. The molecule has 0 aromatic carbocycles. The van der Waals surface area contributed by atoms with Gasteiger partial charge in [0, 0.05) is 33.2 Å². The Morgan fingerprint density at radius 1 is 1.25 bits per heavy atom. The summed E-state index contributed by atoms with van der Waals surface area (Å²) >= 11 is 0. The van der Waals surface area contributed by atoms with Crippen molar-refractivity contribution in [3.05, 3.63) is 0 Å². The first-order chi connectivity index (χ1) is 9.57. The number of carbonyl (C=O) groups excluding carboxylic acids is 1. The van der Waals surface area contributed by atoms with Gasteiger partial charge in [-0.15, -0.1) is 0 Å². The Bertz CT molecular complexity index is 355. The summed E-state index contributed by atoms with van der Waals surface area (Å²) in [5.41, 5.74) is -0.791. The zero-order valence-electron chi connectivity index (χ0n) is 12.3. The third-order valence-electron chi connectivity index (χ3n) is 4.87. The summed E-state index contributed by atoms with van der Waals surface area (Å²) in [5.74, 6) is -0.244. The van der Waals surface area contributed by atoms with Crippen LogP contribution in [0.15, 0.2) is 0 Å². The lowest BCUT2D eigenvalue weighted by molar-refractivity contribution is -0.153. The van der Waals surface area contributed by atoms with Gasteiger partial charge >= 0.3 is 5.97 Å². The standard InChI is InChI=1S/C15H25NO4/c1-20-11-12-4-8-16(9-5-12)13(17)10-15(14(18)19)6-2-3-7-15/h12H,2-11H2,1H3,(H,18,19). The summed E-state index contributed by atoms with van der Waals surface area (Å²) in [4.78, 5) is 25.7. The topological polar surface area (TPSA) is 66.8 Å². The number of hydrogen-bond acceptors (Lipinski definition) is 3. The Hall–Kier alpha value is -1.10. The first-order valence-electron chi connectivity index (χ1n) is 7.57. The Balaban J connectivity index is 1.87. The van der Waals surface area contributed by atoms with E-state index < -0.39 is 11.4 Å². The van der Waals surface area contributed by atoms with Crippen molar-refractivity contribution in [3.8, 4) is 0 Å². The van der Waals surface area contributed by atoms with Crippen molar-refractivity contribution >= 4 is 11.9 Å². The first kappa shape index (κ1) is 15.3. The molecule has 5 heteroatoms. The fourth-order valence-electron chi connectivity index (χ4n) is 3.50. The minimum absolute atomic E-state index is 0.0187. The van der Waals surface area contributed by atoms with Crippen molar-refractivity contribution in [2.75, 3.05) is 26.8 Å². The van der Waals surface area contributed by atoms with Gasteiger partial charge < -0.3 is 14.7 Å². The van der Waals surface area contributed by atoms with Crippen molar-refractivity contribution in [1.29, 1.82) is 0 Å². The molecule has 1 saturated heterocycles. The van der Waals surface area contributed by atoms with E-state index in [0.29, 0.717) is 18.8 Å². The fraction of sp³-hybridized carbons (Fsp3) is 0.867. The molecule has 1 amide bonds. The van der Waals surface area contributed by atoms with E-state index >= 15 is 0 Å². The van der Waals surface area contributed by atoms with Gasteiger partial charge in [0.1, 0.15) is 0 Å². The number of ether oxygens (including phenoxy) is 1. The molecule has 2 rings (SSSR count). The number of nitrogens with zero attached hydrogens (tertiary/aromatic N) is 1. The molecule has 2 fully saturated rings. The maximum atomic E-state index is 12.4. The van der Waals surface area contributed by atoms with Crippen LogP contribution in [-0.2, 0) is 14.3 Å². The number of methoxy groups -OCH3 is 1. The molecule has 114 valence electrons. The summed E-state index contributed by atoms with van der Waals surface area (Å²) in [5, 5.41) is 9.44. The van der Waals surface area contributed by atoms with Crippen LogP contribution in [0.5, 0.6) is 0 Å². The predicted octanol–water partition coefficient (Wildman–Crippen LogP) is 1.91. The second kappa shape index (κ2) is 6.57. The third kappa shape index (κ3) is 3.32. The molecule has 0 aromatic rings. The molecular formula is C15H25NO4. The molecule has 1 N–H and O–H groups in total. The van der Waals surface area contributed by atoms with Gasteiger partial charge in [0.15, 0.2) is 0 Å². The van der Waals surface area contributed by atoms with Gasteiger partial charge in [-0.05, 0) is 31.6 Å². The molecule has 2 aliphatic rings. The summed E-state index contributed by atoms with van der Waals surface area (Å²) in [6.45, 7) is 2.23. The summed E-state index contributed by atoms with van der Waals surface area (Å²) in [6, 6.07) is 0. The first-order valence-corrected chi connectivity index (χ1v) is 7.57. The van der Waals surface area contributed by atoms with E-state index in [9.17, 15) is 14.7 Å². The number of aliphatic carboxylic acids is 1. The monoisotopic (exact) mass is 283 g/mol. The number of amides is 1. The van der Waals surface area contributed by atoms with Crippen LogP contribution < -0.4 is 0 Å². The van der Waals surface area contributed by atoms with E-state index in [1.807, 2.05) is 4.90 Å². The number of rotatable bonds is 5. The molecule has 5 nitrogen and oxygen atoms in total. The highest BCUT2D eigenvalue weighted by Crippen LogP contribution is 2.42. The van der Waals surface area contributed by atoms with Gasteiger partial charge in [-0.2, -0.15) is 0 Å². The van der Waals surface area contributed by atoms with Crippen LogP contribution in [0, 0.1) is 11.3 Å². The Kier molecular flexibility index (Phi) is 5.02. The maximum Gasteiger partial charge on any atom is 0.310 e. The summed E-state index contributed by atoms with van der Waals surface area (Å²) in [7, 11) is 1.70. The number of piperidine rings is 1. The van der Waals surface area contributed by atoms with Crippen molar-refractivity contribution in [1.82, 2.24) is 4.90 Å². The van der Waals surface area contributed by atoms with Gasteiger partial charge in [0.25, 0.3) is 0 Å². The molecule has 20 heavy (non-hydrogen) atoms. The Morgan fingerprint density at radius 2 is 1.85 bits per heavy atom. The lowest BCUT2D eigenvalue weighted by Gasteiger charge is -2.34. The lowest BCUT2D eigenvalue weighted by Crippen LogP contribution is -2.43. The summed E-state index contributed by atoms with van der Waals surface area (Å²) in [6.07, 6.45) is 5.24. The molecule has 1 heterocycles. The van der Waals surface area contributed by atoms with E-state index in [0.717, 1.165) is 45.4 Å². The van der Waals surface area contributed by atoms with Crippen LogP contribution in [0.4, 0.5) is 0 Å². The molecule has 0 bridgehead atoms. The highest BCUT2D eigenvalue weighted by molar-refractivity contribution is 5.85. The van der Waals surface area contributed by atoms with Crippen molar-refractivity contribution < 1.29 is 19.4 Å². The molecule has 0 aromatic heterocycles. The van der Waals surface area contributed by atoms with E-state index in [2.05, 4.69) is 0 Å². The van der Waals surface area contributed by atoms with Gasteiger partial charge in [0.05, 0.1) is 5.41 Å². The average molecular weight is 283 g/mol. The minimum Gasteiger partial charge on any atom is -0.481 e. The number of carboxylic acid groups (broad SMARTS) is 1. The van der Waals surface area contributed by atoms with E-state index in [1.54, 1.807) is 7.11 Å². The number of carboxylic acids is 1. The molecule has 0 spiro atoms. The highest BCUT2D eigenvalue weighted by Gasteiger charge is 2.44. The van der Waals surface area contributed by atoms with Gasteiger partial charge in [-0.1, -0.05) is 12.8 Å². The zero-order valence-corrected chi connectivity index (χ0v) is 12.3. The quantitative estimate of drug-likeness (QED) is 0.837. The van der Waals surface area contributed by atoms with E-state index in [4.69, 9.17) is 4.74 Å². The zero-order chi connectivity index (χ0) is 14.6. The van der Waals surface area contributed by atoms with Crippen molar-refractivity contribution in [2.45, 2.75) is 44.9 Å². The van der Waals surface area contributed by atoms with Gasteiger partial charge in [0.2, 0.25) is 5.91 Å². The molecule has 1 saturated carbocycles. The highest BCUT2D eigenvalue weighted by atomic mass is 16.5. The Labute approximate surface area is 120 Å². The van der Waals surface area contributed by atoms with Crippen LogP contribution in [0.1, 0.15) is 44.9 Å². The van der Waals surface area contributed by atoms with Crippen LogP contribution in [0.2, 0.25) is 0 Å². The molecular weight excluding hydrogens is 258 g/mol. The molecule has 1 aliphatic heterocycles. The number of likely N-dealkylation sites (tertiary alicyclic amines) is 1. The predicted molar refractivity (Wildman–Crippen MR) is 74.3 cm³/mol. The number of carbonyl (C=O) groups is 2. The minimum atomic E-state index is -0.794. The normalized spacial score (nSPS) is 22.9. The molecule has 1 aliphatic carbocycles. The van der Waals surface area contributed by atoms with Gasteiger partial charge in [-0.25, -0.2) is 0 Å². The van der Waals surface area contributed by atoms with Crippen LogP contribution in [0.25, 0.3) is 0 Å². The third-order valence-corrected chi connectivity index (χ3v) is 4.87. The van der Waals surface area contributed by atoms with Crippen LogP contribution in [-0.4, -0.2) is 48.7 Å². The van der Waals surface area contributed by atoms with E-state index in [1.165, 1.54) is 0 Å². The number of hydrogen-bond donors (Lipinski definition) is 1. The summed E-state index contributed by atoms with van der Waals surface area (Å²) < 4.78 is 5.15. The molecule has 0 atom stereocenters. The molecule has 0 radical (unpaired) electrons.